The molecule has 9 heteroatoms. The number of pyridine rings is 1. The number of nitrogens with two attached hydrogens (primary N) is 1. The van der Waals surface area contributed by atoms with Crippen LogP contribution in [0.5, 0.6) is 0 Å². The van der Waals surface area contributed by atoms with Crippen molar-refractivity contribution in [3.8, 4) is 0 Å². The first-order valence-electron chi connectivity index (χ1n) is 14.3. The van der Waals surface area contributed by atoms with Gasteiger partial charge in [0.1, 0.15) is 11.4 Å². The number of anilines is 1. The van der Waals surface area contributed by atoms with Gasteiger partial charge in [-0.1, -0.05) is 38.2 Å². The largest absolute Gasteiger partial charge is 0.384 e. The van der Waals surface area contributed by atoms with Gasteiger partial charge in [-0.3, -0.25) is 9.59 Å². The summed E-state index contributed by atoms with van der Waals surface area (Å²) in [5, 5.41) is 10.1. The van der Waals surface area contributed by atoms with Gasteiger partial charge in [-0.15, -0.1) is 0 Å². The molecule has 4 fully saturated rings. The number of morpholine rings is 1. The van der Waals surface area contributed by atoms with Crippen molar-refractivity contribution in [1.29, 1.82) is 0 Å². The number of likely N-dealkylation sites (tertiary alicyclic amines) is 1. The second-order valence-corrected chi connectivity index (χ2v) is 11.5. The van der Waals surface area contributed by atoms with Crippen LogP contribution < -0.4 is 21.7 Å². The van der Waals surface area contributed by atoms with Gasteiger partial charge in [0, 0.05) is 38.4 Å². The molecule has 2 saturated carbocycles. The molecule has 4 atom stereocenters. The van der Waals surface area contributed by atoms with E-state index >= 15 is 0 Å². The minimum Gasteiger partial charge on any atom is -0.384 e. The van der Waals surface area contributed by atoms with Crippen LogP contribution in [0.1, 0.15) is 69.0 Å². The quantitative estimate of drug-likeness (QED) is 0.399. The second-order valence-electron chi connectivity index (χ2n) is 11.5. The van der Waals surface area contributed by atoms with Gasteiger partial charge in [0.2, 0.25) is 11.8 Å². The first-order valence-corrected chi connectivity index (χ1v) is 14.3. The Morgan fingerprint density at radius 2 is 2.08 bits per heavy atom. The molecule has 5 rings (SSSR count). The number of carbonyl (C=O) groups is 2. The molecule has 1 aromatic rings. The second kappa shape index (κ2) is 11.7. The van der Waals surface area contributed by atoms with Crippen molar-refractivity contribution in [2.45, 2.75) is 88.9 Å². The fourth-order valence-electron chi connectivity index (χ4n) is 6.76. The molecule has 4 aliphatic rings. The molecule has 2 saturated heterocycles. The van der Waals surface area contributed by atoms with Crippen molar-refractivity contribution >= 4 is 17.6 Å². The molecular weight excluding hydrogens is 468 g/mol. The van der Waals surface area contributed by atoms with E-state index in [9.17, 15) is 9.59 Å². The molecule has 2 amide bonds. The molecule has 204 valence electrons. The smallest absolute Gasteiger partial charge is 0.246 e. The molecule has 5 N–H and O–H groups in total. The van der Waals surface area contributed by atoms with Gasteiger partial charge in [-0.05, 0) is 56.1 Å². The normalized spacial score (nSPS) is 28.8. The van der Waals surface area contributed by atoms with Gasteiger partial charge in [-0.25, -0.2) is 4.98 Å². The summed E-state index contributed by atoms with van der Waals surface area (Å²) in [6.07, 6.45) is 9.80. The van der Waals surface area contributed by atoms with E-state index in [2.05, 4.69) is 20.9 Å². The zero-order valence-electron chi connectivity index (χ0n) is 22.3. The first-order chi connectivity index (χ1) is 18.0. The molecule has 2 aliphatic heterocycles. The highest BCUT2D eigenvalue weighted by Gasteiger charge is 2.66. The third-order valence-electron chi connectivity index (χ3n) is 8.99. The van der Waals surface area contributed by atoms with Crippen LogP contribution in [0.3, 0.4) is 0 Å². The average Bonchev–Trinajstić information content (AvgIpc) is 3.67. The Labute approximate surface area is 220 Å². The lowest BCUT2D eigenvalue weighted by Gasteiger charge is -2.39. The molecule has 3 heterocycles. The van der Waals surface area contributed by atoms with Crippen LogP contribution in [-0.4, -0.2) is 72.2 Å². The van der Waals surface area contributed by atoms with E-state index in [1.165, 1.54) is 32.1 Å². The number of ether oxygens (including phenoxy) is 1. The Balaban J connectivity index is 1.28. The van der Waals surface area contributed by atoms with Crippen LogP contribution in [0.15, 0.2) is 12.1 Å². The van der Waals surface area contributed by atoms with Crippen LogP contribution in [0.4, 0.5) is 5.82 Å². The number of rotatable bonds is 9. The SMILES string of the molecule is Cc1nc(N)ccc1CNC(=O)[C@]12C[C@H]1CCCN2C(=O)[C@@H](CC1CCCCC1)NCC1CNCCO1. The summed E-state index contributed by atoms with van der Waals surface area (Å²) in [5.41, 5.74) is 6.84. The van der Waals surface area contributed by atoms with Crippen LogP contribution in [0, 0.1) is 18.8 Å². The zero-order chi connectivity index (χ0) is 25.8. The lowest BCUT2D eigenvalue weighted by atomic mass is 9.84. The van der Waals surface area contributed by atoms with Crippen LogP contribution in [-0.2, 0) is 20.9 Å². The Morgan fingerprint density at radius 1 is 1.24 bits per heavy atom. The fourth-order valence-corrected chi connectivity index (χ4v) is 6.76. The zero-order valence-corrected chi connectivity index (χ0v) is 22.3. The highest BCUT2D eigenvalue weighted by Crippen LogP contribution is 2.54. The number of amides is 2. The molecule has 0 bridgehead atoms. The number of piperidine rings is 1. The third kappa shape index (κ3) is 5.94. The Kier molecular flexibility index (Phi) is 8.31. The molecule has 1 aromatic heterocycles. The topological polar surface area (TPSA) is 122 Å². The lowest BCUT2D eigenvalue weighted by Crippen LogP contribution is -2.60. The number of carbonyl (C=O) groups excluding carboxylic acids is 2. The van der Waals surface area contributed by atoms with Gasteiger partial charge in [0.05, 0.1) is 18.8 Å². The average molecular weight is 513 g/mol. The molecule has 0 aromatic carbocycles. The van der Waals surface area contributed by atoms with Gasteiger partial charge >= 0.3 is 0 Å². The molecule has 1 unspecified atom stereocenters. The fraction of sp³-hybridized carbons (Fsp3) is 0.750. The Bertz CT molecular complexity index is 961. The monoisotopic (exact) mass is 512 g/mol. The Morgan fingerprint density at radius 3 is 2.84 bits per heavy atom. The molecule has 9 nitrogen and oxygen atoms in total. The van der Waals surface area contributed by atoms with E-state index in [0.29, 0.717) is 38.0 Å². The maximum atomic E-state index is 14.2. The van der Waals surface area contributed by atoms with Crippen molar-refractivity contribution in [1.82, 2.24) is 25.8 Å². The highest BCUT2D eigenvalue weighted by molar-refractivity contribution is 5.96. The lowest BCUT2D eigenvalue weighted by molar-refractivity contribution is -0.146. The maximum absolute atomic E-state index is 14.2. The highest BCUT2D eigenvalue weighted by atomic mass is 16.5. The summed E-state index contributed by atoms with van der Waals surface area (Å²) in [4.78, 5) is 34.1. The van der Waals surface area contributed by atoms with Crippen LogP contribution in [0.25, 0.3) is 0 Å². The van der Waals surface area contributed by atoms with E-state index in [0.717, 1.165) is 50.0 Å². The number of hydrogen-bond donors (Lipinski definition) is 4. The van der Waals surface area contributed by atoms with Gasteiger partial charge in [-0.2, -0.15) is 0 Å². The molecule has 0 spiro atoms. The molecule has 0 radical (unpaired) electrons. The van der Waals surface area contributed by atoms with Gasteiger partial charge < -0.3 is 31.3 Å². The molecule has 2 aliphatic carbocycles. The number of nitrogen functional groups attached to an aromatic ring is 1. The summed E-state index contributed by atoms with van der Waals surface area (Å²) < 4.78 is 5.89. The van der Waals surface area contributed by atoms with Gasteiger partial charge in [0.15, 0.2) is 0 Å². The van der Waals surface area contributed by atoms with Gasteiger partial charge in [0.25, 0.3) is 0 Å². The predicted octanol–water partition coefficient (Wildman–Crippen LogP) is 1.89. The predicted molar refractivity (Wildman–Crippen MR) is 143 cm³/mol. The Hall–Kier alpha value is -2.23. The number of hydrogen-bond acceptors (Lipinski definition) is 7. The standard InChI is InChI=1S/C28H44N6O3/c1-19-21(9-10-25(29)33-19)16-32-27(36)28-15-22(28)8-5-12-34(28)26(35)24(14-20-6-3-2-4-7-20)31-18-23-17-30-11-13-37-23/h9-10,20,22-24,30-31H,2-8,11-18H2,1H3,(H2,29,33)(H,32,36)/t22-,23?,24-,28+/m1/s1. The third-order valence-corrected chi connectivity index (χ3v) is 8.99. The summed E-state index contributed by atoms with van der Waals surface area (Å²) in [6.45, 7) is 5.97. The van der Waals surface area contributed by atoms with E-state index in [1.807, 2.05) is 17.9 Å². The van der Waals surface area contributed by atoms with E-state index in [-0.39, 0.29) is 29.9 Å². The van der Waals surface area contributed by atoms with Crippen molar-refractivity contribution in [2.75, 3.05) is 38.5 Å². The number of nitrogens with one attached hydrogen (secondary N) is 3. The maximum Gasteiger partial charge on any atom is 0.246 e. The van der Waals surface area contributed by atoms with E-state index < -0.39 is 5.54 Å². The minimum absolute atomic E-state index is 0.0296. The number of fused-ring (bicyclic) bond motifs is 1. The van der Waals surface area contributed by atoms with Crippen molar-refractivity contribution in [3.05, 3.63) is 23.4 Å². The summed E-state index contributed by atoms with van der Waals surface area (Å²) in [7, 11) is 0. The van der Waals surface area contributed by atoms with Crippen molar-refractivity contribution < 1.29 is 14.3 Å². The summed E-state index contributed by atoms with van der Waals surface area (Å²) >= 11 is 0. The summed E-state index contributed by atoms with van der Waals surface area (Å²) in [5.74, 6) is 1.35. The van der Waals surface area contributed by atoms with E-state index in [1.54, 1.807) is 6.07 Å². The first kappa shape index (κ1) is 26.4. The molecule has 37 heavy (non-hydrogen) atoms. The van der Waals surface area contributed by atoms with Crippen LogP contribution in [0.2, 0.25) is 0 Å². The minimum atomic E-state index is -0.708. The van der Waals surface area contributed by atoms with E-state index in [4.69, 9.17) is 10.5 Å². The van der Waals surface area contributed by atoms with Crippen molar-refractivity contribution in [3.63, 3.8) is 0 Å². The van der Waals surface area contributed by atoms with Crippen molar-refractivity contribution in [2.24, 2.45) is 11.8 Å². The van der Waals surface area contributed by atoms with Crippen LogP contribution >= 0.6 is 0 Å². The number of nitrogens with zero attached hydrogens (tertiary/aromatic N) is 2. The number of aryl methyl sites for hydroxylation is 1. The molecular formula is C28H44N6O3. The summed E-state index contributed by atoms with van der Waals surface area (Å²) in [6, 6.07) is 3.40. The number of aromatic nitrogens is 1.